The molecule has 0 aliphatic carbocycles. The lowest BCUT2D eigenvalue weighted by atomic mass is 10.1. The number of nitrogens with one attached hydrogen (secondary N) is 1. The minimum Gasteiger partial charge on any atom is -0.347 e. The van der Waals surface area contributed by atoms with Crippen molar-refractivity contribution in [1.29, 1.82) is 0 Å². The fourth-order valence-electron chi connectivity index (χ4n) is 1.26. The van der Waals surface area contributed by atoms with Gasteiger partial charge in [0.05, 0.1) is 0 Å². The number of nitrogens with zero attached hydrogens (tertiary/aromatic N) is 1. The summed E-state index contributed by atoms with van der Waals surface area (Å²) < 4.78 is 0. The summed E-state index contributed by atoms with van der Waals surface area (Å²) in [6.07, 6.45) is 0. The Balaban J connectivity index is 2.97. The molecule has 0 fully saturated rings. The zero-order chi connectivity index (χ0) is 12.3. The van der Waals surface area contributed by atoms with E-state index in [1.54, 1.807) is 19.1 Å². The van der Waals surface area contributed by atoms with Crippen LogP contribution in [-0.4, -0.2) is 11.4 Å². The maximum Gasteiger partial charge on any atom is 0.251 e. The highest BCUT2D eigenvalue weighted by atomic mass is 16.3. The van der Waals surface area contributed by atoms with Crippen molar-refractivity contribution in [2.45, 2.75) is 33.2 Å². The van der Waals surface area contributed by atoms with Gasteiger partial charge in [0, 0.05) is 11.1 Å². The van der Waals surface area contributed by atoms with Crippen LogP contribution in [0.25, 0.3) is 0 Å². The third-order valence-corrected chi connectivity index (χ3v) is 2.06. The molecule has 1 amide bonds. The molecule has 86 valence electrons. The molecule has 1 aromatic carbocycles. The molecule has 4 nitrogen and oxygen atoms in total. The van der Waals surface area contributed by atoms with Gasteiger partial charge < -0.3 is 5.32 Å². The fourth-order valence-corrected chi connectivity index (χ4v) is 1.26. The fraction of sp³-hybridized carbons (Fsp3) is 0.417. The molecule has 0 saturated heterocycles. The quantitative estimate of drug-likeness (QED) is 0.779. The van der Waals surface area contributed by atoms with Gasteiger partial charge in [-0.1, -0.05) is 6.07 Å². The van der Waals surface area contributed by atoms with Gasteiger partial charge >= 0.3 is 0 Å². The van der Waals surface area contributed by atoms with Crippen LogP contribution in [0.4, 0.5) is 5.69 Å². The number of amides is 1. The van der Waals surface area contributed by atoms with E-state index in [2.05, 4.69) is 10.5 Å². The maximum atomic E-state index is 11.8. The van der Waals surface area contributed by atoms with E-state index in [0.717, 1.165) is 5.56 Å². The number of carbonyl (C=O) groups is 1. The number of aryl methyl sites for hydroxylation is 1. The van der Waals surface area contributed by atoms with E-state index in [-0.39, 0.29) is 11.4 Å². The SMILES string of the molecule is Cc1ccc(C(=O)NC(C)(C)C)cc1N=O. The molecule has 0 aliphatic heterocycles. The summed E-state index contributed by atoms with van der Waals surface area (Å²) in [5.74, 6) is -0.197. The molecule has 1 N–H and O–H groups in total. The molecular formula is C12H16N2O2. The van der Waals surface area contributed by atoms with Crippen LogP contribution in [0.3, 0.4) is 0 Å². The zero-order valence-corrected chi connectivity index (χ0v) is 10.00. The van der Waals surface area contributed by atoms with Crippen molar-refractivity contribution in [2.24, 2.45) is 5.18 Å². The standard InChI is InChI=1S/C12H16N2O2/c1-8-5-6-9(7-10(8)14-16)11(15)13-12(2,3)4/h5-7H,1-4H3,(H,13,15). The molecule has 4 heteroatoms. The van der Waals surface area contributed by atoms with Crippen molar-refractivity contribution in [3.05, 3.63) is 34.2 Å². The molecule has 0 aliphatic rings. The Morgan fingerprint density at radius 3 is 2.44 bits per heavy atom. The largest absolute Gasteiger partial charge is 0.347 e. The molecule has 16 heavy (non-hydrogen) atoms. The van der Waals surface area contributed by atoms with Crippen LogP contribution >= 0.6 is 0 Å². The van der Waals surface area contributed by atoms with Crippen LogP contribution in [0.15, 0.2) is 23.4 Å². The normalized spacial score (nSPS) is 11.0. The minimum atomic E-state index is -0.295. The highest BCUT2D eigenvalue weighted by Crippen LogP contribution is 2.20. The molecule has 0 radical (unpaired) electrons. The third kappa shape index (κ3) is 3.15. The summed E-state index contributed by atoms with van der Waals surface area (Å²) in [7, 11) is 0. The van der Waals surface area contributed by atoms with Crippen molar-refractivity contribution in [2.75, 3.05) is 0 Å². The summed E-state index contributed by atoms with van der Waals surface area (Å²) in [5, 5.41) is 5.70. The first-order chi connectivity index (χ1) is 7.33. The van der Waals surface area contributed by atoms with E-state index in [4.69, 9.17) is 0 Å². The summed E-state index contributed by atoms with van der Waals surface area (Å²) in [5.41, 5.74) is 1.23. The van der Waals surface area contributed by atoms with Crippen molar-refractivity contribution >= 4 is 11.6 Å². The minimum absolute atomic E-state index is 0.197. The van der Waals surface area contributed by atoms with Crippen LogP contribution in [0.2, 0.25) is 0 Å². The highest BCUT2D eigenvalue weighted by molar-refractivity contribution is 5.95. The van der Waals surface area contributed by atoms with Gasteiger partial charge in [0.2, 0.25) is 0 Å². The van der Waals surface area contributed by atoms with E-state index in [9.17, 15) is 9.70 Å². The average Bonchev–Trinajstić information content (AvgIpc) is 2.15. The van der Waals surface area contributed by atoms with E-state index >= 15 is 0 Å². The zero-order valence-electron chi connectivity index (χ0n) is 10.00. The predicted octanol–water partition coefficient (Wildman–Crippen LogP) is 2.92. The molecule has 1 aromatic rings. The van der Waals surface area contributed by atoms with E-state index in [0.29, 0.717) is 11.3 Å². The Labute approximate surface area is 95.0 Å². The van der Waals surface area contributed by atoms with Crippen LogP contribution < -0.4 is 5.32 Å². The first-order valence-electron chi connectivity index (χ1n) is 5.10. The Kier molecular flexibility index (Phi) is 3.42. The monoisotopic (exact) mass is 220 g/mol. The molecule has 0 atom stereocenters. The van der Waals surface area contributed by atoms with Crippen LogP contribution in [0.1, 0.15) is 36.7 Å². The number of hydrogen-bond donors (Lipinski definition) is 1. The lowest BCUT2D eigenvalue weighted by molar-refractivity contribution is 0.0919. The van der Waals surface area contributed by atoms with Gasteiger partial charge in [-0.3, -0.25) is 4.79 Å². The molecular weight excluding hydrogens is 204 g/mol. The third-order valence-electron chi connectivity index (χ3n) is 2.06. The Morgan fingerprint density at radius 1 is 1.31 bits per heavy atom. The first kappa shape index (κ1) is 12.4. The molecule has 0 saturated carbocycles. The van der Waals surface area contributed by atoms with Crippen molar-refractivity contribution < 1.29 is 4.79 Å². The predicted molar refractivity (Wildman–Crippen MR) is 63.9 cm³/mol. The Morgan fingerprint density at radius 2 is 1.94 bits per heavy atom. The number of carbonyl (C=O) groups excluding carboxylic acids is 1. The van der Waals surface area contributed by atoms with Crippen molar-refractivity contribution in [3.8, 4) is 0 Å². The highest BCUT2D eigenvalue weighted by Gasteiger charge is 2.15. The molecule has 0 aromatic heterocycles. The lowest BCUT2D eigenvalue weighted by Gasteiger charge is -2.20. The molecule has 0 spiro atoms. The van der Waals surface area contributed by atoms with Crippen LogP contribution in [0.5, 0.6) is 0 Å². The van der Waals surface area contributed by atoms with Gasteiger partial charge in [-0.15, -0.1) is 4.91 Å². The second-order valence-corrected chi connectivity index (χ2v) is 4.80. The molecule has 1 rings (SSSR count). The van der Waals surface area contributed by atoms with Crippen LogP contribution in [-0.2, 0) is 0 Å². The summed E-state index contributed by atoms with van der Waals surface area (Å²) in [6.45, 7) is 7.48. The van der Waals surface area contributed by atoms with Gasteiger partial charge in [-0.2, -0.15) is 0 Å². The van der Waals surface area contributed by atoms with Gasteiger partial charge in [0.15, 0.2) is 0 Å². The second-order valence-electron chi connectivity index (χ2n) is 4.80. The Hall–Kier alpha value is -1.71. The molecule has 0 bridgehead atoms. The summed E-state index contributed by atoms with van der Waals surface area (Å²) in [4.78, 5) is 22.3. The number of hydrogen-bond acceptors (Lipinski definition) is 3. The second kappa shape index (κ2) is 4.43. The van der Waals surface area contributed by atoms with E-state index < -0.39 is 0 Å². The topological polar surface area (TPSA) is 58.5 Å². The molecule has 0 heterocycles. The van der Waals surface area contributed by atoms with Gasteiger partial charge in [-0.05, 0) is 50.6 Å². The summed E-state index contributed by atoms with van der Waals surface area (Å²) in [6, 6.07) is 4.91. The van der Waals surface area contributed by atoms with Gasteiger partial charge in [0.1, 0.15) is 5.69 Å². The van der Waals surface area contributed by atoms with Gasteiger partial charge in [0.25, 0.3) is 5.91 Å². The summed E-state index contributed by atoms with van der Waals surface area (Å²) >= 11 is 0. The van der Waals surface area contributed by atoms with Crippen molar-refractivity contribution in [1.82, 2.24) is 5.32 Å². The number of nitroso groups, excluding NO2 is 1. The van der Waals surface area contributed by atoms with E-state index in [1.807, 2.05) is 20.8 Å². The first-order valence-corrected chi connectivity index (χ1v) is 5.10. The van der Waals surface area contributed by atoms with Gasteiger partial charge in [-0.25, -0.2) is 0 Å². The lowest BCUT2D eigenvalue weighted by Crippen LogP contribution is -2.40. The smallest absolute Gasteiger partial charge is 0.251 e. The molecule has 0 unspecified atom stereocenters. The number of rotatable bonds is 2. The van der Waals surface area contributed by atoms with Crippen LogP contribution in [0, 0.1) is 11.8 Å². The average molecular weight is 220 g/mol. The van der Waals surface area contributed by atoms with E-state index in [1.165, 1.54) is 6.07 Å². The number of benzene rings is 1. The van der Waals surface area contributed by atoms with Crippen molar-refractivity contribution in [3.63, 3.8) is 0 Å². The Bertz CT molecular complexity index is 420. The maximum absolute atomic E-state index is 11.8.